The van der Waals surface area contributed by atoms with Gasteiger partial charge in [0.15, 0.2) is 0 Å². The zero-order valence-corrected chi connectivity index (χ0v) is 15.4. The highest BCUT2D eigenvalue weighted by Gasteiger charge is 2.15. The molecule has 2 rings (SSSR count). The number of halogens is 1. The molecule has 3 N–H and O–H groups in total. The first-order chi connectivity index (χ1) is 11.7. The quantitative estimate of drug-likeness (QED) is 0.715. The fraction of sp³-hybridized carbons (Fsp3) is 0.235. The Morgan fingerprint density at radius 2 is 1.84 bits per heavy atom. The van der Waals surface area contributed by atoms with Crippen LogP contribution in [0.15, 0.2) is 47.4 Å². The smallest absolute Gasteiger partial charge is 0.255 e. The highest BCUT2D eigenvalue weighted by atomic mass is 35.5. The number of sulfonamides is 1. The molecular formula is C17H19ClN2O4S. The van der Waals surface area contributed by atoms with Gasteiger partial charge in [-0.15, -0.1) is 0 Å². The second kappa shape index (κ2) is 7.97. The van der Waals surface area contributed by atoms with Crippen molar-refractivity contribution in [2.24, 2.45) is 0 Å². The molecule has 1 atom stereocenters. The maximum Gasteiger partial charge on any atom is 0.255 e. The van der Waals surface area contributed by atoms with Crippen molar-refractivity contribution in [3.8, 4) is 0 Å². The van der Waals surface area contributed by atoms with Gasteiger partial charge in [-0.3, -0.25) is 4.79 Å². The highest BCUT2D eigenvalue weighted by molar-refractivity contribution is 7.89. The van der Waals surface area contributed by atoms with Crippen LogP contribution in [0, 0.1) is 6.92 Å². The molecule has 0 saturated heterocycles. The van der Waals surface area contributed by atoms with E-state index in [1.807, 2.05) is 6.92 Å². The van der Waals surface area contributed by atoms with Crippen LogP contribution in [0.3, 0.4) is 0 Å². The second-order valence-corrected chi connectivity index (χ2v) is 7.84. The van der Waals surface area contributed by atoms with Crippen LogP contribution < -0.4 is 10.0 Å². The van der Waals surface area contributed by atoms with Crippen molar-refractivity contribution < 1.29 is 18.3 Å². The predicted octanol–water partition coefficient (Wildman–Crippen LogP) is 2.56. The summed E-state index contributed by atoms with van der Waals surface area (Å²) < 4.78 is 26.4. The number of aliphatic hydroxyl groups excluding tert-OH is 1. The number of benzene rings is 2. The summed E-state index contributed by atoms with van der Waals surface area (Å²) in [6, 6.07) is 10.7. The summed E-state index contributed by atoms with van der Waals surface area (Å²) in [4.78, 5) is 12.3. The Morgan fingerprint density at radius 3 is 2.40 bits per heavy atom. The molecule has 0 bridgehead atoms. The minimum atomic E-state index is -3.72. The van der Waals surface area contributed by atoms with E-state index in [0.717, 1.165) is 5.56 Å². The van der Waals surface area contributed by atoms with E-state index in [2.05, 4.69) is 10.0 Å². The molecule has 0 heterocycles. The van der Waals surface area contributed by atoms with Gasteiger partial charge in [-0.2, -0.15) is 0 Å². The number of aryl methyl sites for hydroxylation is 1. The Kier molecular flexibility index (Phi) is 6.18. The van der Waals surface area contributed by atoms with Crippen LogP contribution in [0.5, 0.6) is 0 Å². The summed E-state index contributed by atoms with van der Waals surface area (Å²) in [5.74, 6) is -0.355. The van der Waals surface area contributed by atoms with Gasteiger partial charge >= 0.3 is 0 Å². The van der Waals surface area contributed by atoms with Crippen molar-refractivity contribution in [2.75, 3.05) is 11.9 Å². The van der Waals surface area contributed by atoms with Crippen molar-refractivity contribution in [2.45, 2.75) is 24.8 Å². The summed E-state index contributed by atoms with van der Waals surface area (Å²) in [5.41, 5.74) is 1.77. The Labute approximate surface area is 151 Å². The number of aliphatic hydroxyl groups is 1. The number of nitrogens with one attached hydrogen (secondary N) is 2. The first kappa shape index (κ1) is 19.4. The van der Waals surface area contributed by atoms with Crippen LogP contribution >= 0.6 is 11.6 Å². The molecule has 8 heteroatoms. The van der Waals surface area contributed by atoms with Crippen molar-refractivity contribution in [1.29, 1.82) is 0 Å². The molecule has 6 nitrogen and oxygen atoms in total. The van der Waals surface area contributed by atoms with Crippen molar-refractivity contribution in [1.82, 2.24) is 4.72 Å². The van der Waals surface area contributed by atoms with Gasteiger partial charge in [-0.25, -0.2) is 13.1 Å². The van der Waals surface area contributed by atoms with Crippen LogP contribution in [0.4, 0.5) is 5.69 Å². The van der Waals surface area contributed by atoms with Crippen molar-refractivity contribution >= 4 is 33.2 Å². The van der Waals surface area contributed by atoms with Crippen LogP contribution in [0.2, 0.25) is 5.02 Å². The minimum Gasteiger partial charge on any atom is -0.392 e. The Hall–Kier alpha value is -1.93. The third-order valence-electron chi connectivity index (χ3n) is 3.43. The lowest BCUT2D eigenvalue weighted by atomic mass is 10.1. The third-order valence-corrected chi connectivity index (χ3v) is 5.11. The van der Waals surface area contributed by atoms with Gasteiger partial charge < -0.3 is 10.4 Å². The number of anilines is 1. The first-order valence-electron chi connectivity index (χ1n) is 7.54. The number of carbonyl (C=O) groups is 1. The van der Waals surface area contributed by atoms with Gasteiger partial charge in [-0.05, 0) is 61.9 Å². The maximum atomic E-state index is 12.3. The molecule has 0 aromatic heterocycles. The zero-order chi connectivity index (χ0) is 18.6. The van der Waals surface area contributed by atoms with Gasteiger partial charge in [0.25, 0.3) is 5.91 Å². The molecule has 0 spiro atoms. The molecule has 0 saturated carbocycles. The Balaban J connectivity index is 2.12. The van der Waals surface area contributed by atoms with E-state index in [1.165, 1.54) is 31.2 Å². The molecule has 1 amide bonds. The van der Waals surface area contributed by atoms with Crippen molar-refractivity contribution in [3.63, 3.8) is 0 Å². The number of amides is 1. The predicted molar refractivity (Wildman–Crippen MR) is 97.5 cm³/mol. The van der Waals surface area contributed by atoms with Gasteiger partial charge in [-0.1, -0.05) is 11.6 Å². The van der Waals surface area contributed by atoms with Crippen LogP contribution in [0.1, 0.15) is 22.8 Å². The maximum absolute atomic E-state index is 12.3. The van der Waals surface area contributed by atoms with E-state index in [4.69, 9.17) is 11.6 Å². The van der Waals surface area contributed by atoms with E-state index < -0.39 is 16.1 Å². The molecule has 0 radical (unpaired) electrons. The highest BCUT2D eigenvalue weighted by Crippen LogP contribution is 2.20. The van der Waals surface area contributed by atoms with Crippen molar-refractivity contribution in [3.05, 3.63) is 58.6 Å². The summed E-state index contributed by atoms with van der Waals surface area (Å²) >= 11 is 5.88. The normalized spacial score (nSPS) is 12.6. The molecule has 2 aromatic carbocycles. The van der Waals surface area contributed by atoms with Gasteiger partial charge in [0, 0.05) is 22.8 Å². The van der Waals surface area contributed by atoms with E-state index >= 15 is 0 Å². The van der Waals surface area contributed by atoms with Gasteiger partial charge in [0.2, 0.25) is 10.0 Å². The molecule has 1 unspecified atom stereocenters. The summed E-state index contributed by atoms with van der Waals surface area (Å²) in [6.07, 6.45) is -0.789. The monoisotopic (exact) mass is 382 g/mol. The SMILES string of the molecule is Cc1cc(Cl)ccc1NC(=O)c1ccc(S(=O)(=O)NCC(C)O)cc1. The standard InChI is InChI=1S/C17H19ClN2O4S/c1-11-9-14(18)5-8-16(11)20-17(22)13-3-6-15(7-4-13)25(23,24)19-10-12(2)21/h3-9,12,19,21H,10H2,1-2H3,(H,20,22). The summed E-state index contributed by atoms with van der Waals surface area (Å²) in [7, 11) is -3.72. The molecule has 0 aliphatic heterocycles. The fourth-order valence-corrected chi connectivity index (χ4v) is 3.41. The van der Waals surface area contributed by atoms with Gasteiger partial charge in [0.1, 0.15) is 0 Å². The summed E-state index contributed by atoms with van der Waals surface area (Å²) in [5, 5.41) is 12.5. The van der Waals surface area contributed by atoms with E-state index in [-0.39, 0.29) is 17.3 Å². The average molecular weight is 383 g/mol. The second-order valence-electron chi connectivity index (χ2n) is 5.64. The zero-order valence-electron chi connectivity index (χ0n) is 13.8. The number of carbonyl (C=O) groups excluding carboxylic acids is 1. The number of hydrogen-bond acceptors (Lipinski definition) is 4. The van der Waals surface area contributed by atoms with E-state index in [9.17, 15) is 18.3 Å². The Morgan fingerprint density at radius 1 is 1.20 bits per heavy atom. The molecule has 25 heavy (non-hydrogen) atoms. The van der Waals surface area contributed by atoms with E-state index in [0.29, 0.717) is 16.3 Å². The first-order valence-corrected chi connectivity index (χ1v) is 9.40. The minimum absolute atomic E-state index is 0.0207. The summed E-state index contributed by atoms with van der Waals surface area (Å²) in [6.45, 7) is 3.22. The lowest BCUT2D eigenvalue weighted by molar-refractivity contribution is 0.102. The lowest BCUT2D eigenvalue weighted by Crippen LogP contribution is -2.30. The van der Waals surface area contributed by atoms with E-state index in [1.54, 1.807) is 18.2 Å². The van der Waals surface area contributed by atoms with Crippen LogP contribution in [0.25, 0.3) is 0 Å². The fourth-order valence-electron chi connectivity index (χ4n) is 2.06. The number of hydrogen-bond donors (Lipinski definition) is 3. The van der Waals surface area contributed by atoms with Crippen LogP contribution in [-0.2, 0) is 10.0 Å². The molecule has 2 aromatic rings. The molecule has 0 aliphatic carbocycles. The molecule has 0 aliphatic rings. The number of rotatable bonds is 6. The molecule has 134 valence electrons. The Bertz CT molecular complexity index is 865. The van der Waals surface area contributed by atoms with Gasteiger partial charge in [0.05, 0.1) is 11.0 Å². The topological polar surface area (TPSA) is 95.5 Å². The molecule has 0 fully saturated rings. The lowest BCUT2D eigenvalue weighted by Gasteiger charge is -2.10. The molecular weight excluding hydrogens is 364 g/mol. The largest absolute Gasteiger partial charge is 0.392 e. The van der Waals surface area contributed by atoms with Crippen LogP contribution in [-0.4, -0.2) is 32.1 Å². The third kappa shape index (κ3) is 5.27. The average Bonchev–Trinajstić information content (AvgIpc) is 2.56.